The number of hydrogen-bond acceptors (Lipinski definition) is 10. The molecule has 6 atom stereocenters. The molecule has 0 radical (unpaired) electrons. The molecule has 196 valence electrons. The Morgan fingerprint density at radius 2 is 1.55 bits per heavy atom. The second-order valence-corrected chi connectivity index (χ2v) is 9.31. The number of hydrogen-bond donors (Lipinski definition) is 5. The number of fused-ring (bicyclic) bond motifs is 2. The Hall–Kier alpha value is -3.93. The summed E-state index contributed by atoms with van der Waals surface area (Å²) in [6.45, 7) is 0.0178. The topological polar surface area (TPSA) is 159 Å². The Labute approximate surface area is 215 Å². The van der Waals surface area contributed by atoms with E-state index >= 15 is 0 Å². The lowest BCUT2D eigenvalue weighted by atomic mass is 9.89. The molecule has 2 aliphatic heterocycles. The van der Waals surface area contributed by atoms with Crippen LogP contribution >= 0.6 is 0 Å². The molecule has 0 saturated carbocycles. The molecular weight excluding hydrogens is 496 g/mol. The fourth-order valence-electron chi connectivity index (χ4n) is 4.99. The van der Waals surface area contributed by atoms with Crippen molar-refractivity contribution in [3.05, 3.63) is 88.1 Å². The smallest absolute Gasteiger partial charge is 0.197 e. The van der Waals surface area contributed by atoms with Gasteiger partial charge in [-0.15, -0.1) is 0 Å². The largest absolute Gasteiger partial charge is 0.508 e. The Balaban J connectivity index is 1.40. The normalized spacial score (nSPS) is 27.2. The molecule has 1 unspecified atom stereocenters. The van der Waals surface area contributed by atoms with Crippen molar-refractivity contribution in [2.75, 3.05) is 6.61 Å². The standard InChI is InChI=1S/C28H24O10/c29-15-8-6-13(7-9-15)19-11-18(32)21-16(30)10-17(31)22(26(21)36-19)27-24(34)23(33)25-20(37-27)12-35-28(38-25)14-4-2-1-3-5-14/h1-11,20,23-25,27-31,33-34H,12H2/t20-,23-,24-,25-,27+,28?/m1/s1. The van der Waals surface area contributed by atoms with E-state index in [0.29, 0.717) is 5.56 Å². The van der Waals surface area contributed by atoms with Crippen LogP contribution < -0.4 is 5.43 Å². The monoisotopic (exact) mass is 520 g/mol. The van der Waals surface area contributed by atoms with Gasteiger partial charge < -0.3 is 44.2 Å². The first kappa shape index (κ1) is 24.4. The first-order valence-corrected chi connectivity index (χ1v) is 12.0. The molecule has 0 spiro atoms. The zero-order chi connectivity index (χ0) is 26.6. The Bertz CT molecular complexity index is 1530. The van der Waals surface area contributed by atoms with Gasteiger partial charge in [0.2, 0.25) is 0 Å². The zero-order valence-corrected chi connectivity index (χ0v) is 19.8. The molecule has 6 rings (SSSR count). The van der Waals surface area contributed by atoms with Gasteiger partial charge in [-0.3, -0.25) is 4.79 Å². The molecular formula is C28H24O10. The van der Waals surface area contributed by atoms with Crippen molar-refractivity contribution < 1.29 is 44.2 Å². The third-order valence-electron chi connectivity index (χ3n) is 6.88. The predicted octanol–water partition coefficient (Wildman–Crippen LogP) is 2.85. The highest BCUT2D eigenvalue weighted by Gasteiger charge is 2.50. The van der Waals surface area contributed by atoms with Crippen LogP contribution in [0.1, 0.15) is 23.5 Å². The predicted molar refractivity (Wildman–Crippen MR) is 133 cm³/mol. The van der Waals surface area contributed by atoms with Gasteiger partial charge in [0.15, 0.2) is 17.3 Å². The van der Waals surface area contributed by atoms with E-state index in [1.807, 2.05) is 30.3 Å². The van der Waals surface area contributed by atoms with Crippen LogP contribution in [0.15, 0.2) is 75.9 Å². The third-order valence-corrected chi connectivity index (χ3v) is 6.88. The minimum absolute atomic E-state index is 0.0153. The van der Waals surface area contributed by atoms with Crippen LogP contribution in [0.3, 0.4) is 0 Å². The van der Waals surface area contributed by atoms with Crippen molar-refractivity contribution in [2.24, 2.45) is 0 Å². The summed E-state index contributed by atoms with van der Waals surface area (Å²) in [7, 11) is 0. The molecule has 0 aliphatic carbocycles. The van der Waals surface area contributed by atoms with Crippen LogP contribution in [-0.4, -0.2) is 56.6 Å². The second kappa shape index (κ2) is 9.43. The molecule has 1 aromatic heterocycles. The van der Waals surface area contributed by atoms with E-state index in [2.05, 4.69) is 0 Å². The van der Waals surface area contributed by atoms with Gasteiger partial charge in [-0.2, -0.15) is 0 Å². The molecule has 10 heteroatoms. The average Bonchev–Trinajstić information content (AvgIpc) is 2.91. The van der Waals surface area contributed by atoms with Gasteiger partial charge in [0.1, 0.15) is 58.9 Å². The van der Waals surface area contributed by atoms with E-state index in [4.69, 9.17) is 18.6 Å². The van der Waals surface area contributed by atoms with Crippen LogP contribution in [0, 0.1) is 0 Å². The van der Waals surface area contributed by atoms with Gasteiger partial charge in [0.05, 0.1) is 12.2 Å². The van der Waals surface area contributed by atoms with E-state index < -0.39 is 53.7 Å². The highest BCUT2D eigenvalue weighted by molar-refractivity contribution is 5.89. The van der Waals surface area contributed by atoms with Gasteiger partial charge in [0, 0.05) is 23.3 Å². The lowest BCUT2D eigenvalue weighted by Crippen LogP contribution is -2.59. The highest BCUT2D eigenvalue weighted by atomic mass is 16.7. The summed E-state index contributed by atoms with van der Waals surface area (Å²) in [6.07, 6.45) is -6.92. The van der Waals surface area contributed by atoms with Crippen molar-refractivity contribution in [2.45, 2.75) is 36.8 Å². The van der Waals surface area contributed by atoms with Gasteiger partial charge in [0.25, 0.3) is 0 Å². The van der Waals surface area contributed by atoms with Crippen LogP contribution in [0.25, 0.3) is 22.3 Å². The summed E-state index contributed by atoms with van der Waals surface area (Å²) in [5.41, 5.74) is 0.243. The van der Waals surface area contributed by atoms with Crippen molar-refractivity contribution in [1.82, 2.24) is 0 Å². The Morgan fingerprint density at radius 3 is 2.29 bits per heavy atom. The van der Waals surface area contributed by atoms with Crippen molar-refractivity contribution in [3.63, 3.8) is 0 Å². The molecule has 4 aromatic rings. The number of aliphatic hydroxyl groups excluding tert-OH is 2. The molecule has 10 nitrogen and oxygen atoms in total. The van der Waals surface area contributed by atoms with E-state index in [-0.39, 0.29) is 34.6 Å². The molecule has 3 heterocycles. The molecule has 2 fully saturated rings. The van der Waals surface area contributed by atoms with Crippen LogP contribution in [-0.2, 0) is 14.2 Å². The fraction of sp³-hybridized carbons (Fsp3) is 0.250. The number of rotatable bonds is 3. The molecule has 0 bridgehead atoms. The lowest BCUT2D eigenvalue weighted by Gasteiger charge is -2.46. The fourth-order valence-corrected chi connectivity index (χ4v) is 4.99. The van der Waals surface area contributed by atoms with Crippen LogP contribution in [0.5, 0.6) is 17.2 Å². The van der Waals surface area contributed by atoms with Gasteiger partial charge in [-0.1, -0.05) is 30.3 Å². The Morgan fingerprint density at radius 1 is 0.816 bits per heavy atom. The van der Waals surface area contributed by atoms with Crippen molar-refractivity contribution in [3.8, 4) is 28.6 Å². The van der Waals surface area contributed by atoms with Gasteiger partial charge in [-0.25, -0.2) is 0 Å². The van der Waals surface area contributed by atoms with Crippen molar-refractivity contribution in [1.29, 1.82) is 0 Å². The first-order chi connectivity index (χ1) is 18.3. The zero-order valence-electron chi connectivity index (χ0n) is 19.8. The summed E-state index contributed by atoms with van der Waals surface area (Å²) in [6, 6.07) is 17.1. The van der Waals surface area contributed by atoms with E-state index in [1.54, 1.807) is 0 Å². The number of aliphatic hydroxyl groups is 2. The molecule has 2 aliphatic rings. The summed E-state index contributed by atoms with van der Waals surface area (Å²) in [5, 5.41) is 52.8. The number of benzene rings is 3. The van der Waals surface area contributed by atoms with Gasteiger partial charge >= 0.3 is 0 Å². The number of phenols is 3. The first-order valence-electron chi connectivity index (χ1n) is 12.0. The van der Waals surface area contributed by atoms with E-state index in [1.165, 1.54) is 30.3 Å². The quantitative estimate of drug-likeness (QED) is 0.272. The highest BCUT2D eigenvalue weighted by Crippen LogP contribution is 2.45. The summed E-state index contributed by atoms with van der Waals surface area (Å²) >= 11 is 0. The minimum atomic E-state index is -1.59. The average molecular weight is 520 g/mol. The minimum Gasteiger partial charge on any atom is -0.508 e. The number of aromatic hydroxyl groups is 3. The Kier molecular flexibility index (Phi) is 6.05. The van der Waals surface area contributed by atoms with Crippen LogP contribution in [0.4, 0.5) is 0 Å². The van der Waals surface area contributed by atoms with Crippen molar-refractivity contribution >= 4 is 11.0 Å². The van der Waals surface area contributed by atoms with Crippen LogP contribution in [0.2, 0.25) is 0 Å². The van der Waals surface area contributed by atoms with Gasteiger partial charge in [-0.05, 0) is 24.3 Å². The third kappa shape index (κ3) is 4.08. The second-order valence-electron chi connectivity index (χ2n) is 9.31. The lowest BCUT2D eigenvalue weighted by molar-refractivity contribution is -0.330. The SMILES string of the molecule is O=c1cc(-c2ccc(O)cc2)oc2c([C@@H]3O[C@@H]4COC(c5ccccc5)O[C@H]4[C@H](O)[C@H]3O)c(O)cc(O)c12. The summed E-state index contributed by atoms with van der Waals surface area (Å²) < 4.78 is 23.8. The summed E-state index contributed by atoms with van der Waals surface area (Å²) in [4.78, 5) is 13.0. The summed E-state index contributed by atoms with van der Waals surface area (Å²) in [5.74, 6) is -0.921. The number of ether oxygens (including phenoxy) is 3. The number of phenolic OH excluding ortho intramolecular Hbond substituents is 3. The molecule has 5 N–H and O–H groups in total. The maximum absolute atomic E-state index is 13.0. The maximum atomic E-state index is 13.0. The molecule has 38 heavy (non-hydrogen) atoms. The molecule has 0 amide bonds. The maximum Gasteiger partial charge on any atom is 0.197 e. The van der Waals surface area contributed by atoms with E-state index in [0.717, 1.165) is 11.6 Å². The van der Waals surface area contributed by atoms with E-state index in [9.17, 15) is 30.3 Å². The molecule has 3 aromatic carbocycles. The molecule has 2 saturated heterocycles.